The van der Waals surface area contributed by atoms with E-state index in [1.165, 1.54) is 26.2 Å². The molecule has 1 aliphatic rings. The van der Waals surface area contributed by atoms with Crippen LogP contribution in [0.25, 0.3) is 0 Å². The maximum Gasteiger partial charge on any atom is 0.0113 e. The fourth-order valence-electron chi connectivity index (χ4n) is 1.65. The van der Waals surface area contributed by atoms with E-state index >= 15 is 0 Å². The van der Waals surface area contributed by atoms with E-state index in [-0.39, 0.29) is 0 Å². The second-order valence-electron chi connectivity index (χ2n) is 4.32. The Hall–Kier alpha value is -0.0800. The Labute approximate surface area is 76.5 Å². The van der Waals surface area contributed by atoms with Gasteiger partial charge in [0.25, 0.3) is 0 Å². The molecule has 2 heteroatoms. The van der Waals surface area contributed by atoms with Gasteiger partial charge in [0.05, 0.1) is 0 Å². The van der Waals surface area contributed by atoms with Crippen LogP contribution in [-0.2, 0) is 0 Å². The summed E-state index contributed by atoms with van der Waals surface area (Å²) < 4.78 is 0. The quantitative estimate of drug-likeness (QED) is 0.616. The van der Waals surface area contributed by atoms with Gasteiger partial charge in [-0.25, -0.2) is 0 Å². The standard InChI is InChI=1S/C10H22N2/c1-9(2)10(3)12-7-5-11(4)6-8-12/h9-10H,5-8H2,1-4H3. The zero-order chi connectivity index (χ0) is 9.14. The van der Waals surface area contributed by atoms with Crippen LogP contribution in [0.4, 0.5) is 0 Å². The van der Waals surface area contributed by atoms with Crippen molar-refractivity contribution in [1.29, 1.82) is 0 Å². The van der Waals surface area contributed by atoms with Crippen molar-refractivity contribution in [2.75, 3.05) is 33.2 Å². The lowest BCUT2D eigenvalue weighted by atomic mass is 10.0. The number of rotatable bonds is 2. The smallest absolute Gasteiger partial charge is 0.0113 e. The van der Waals surface area contributed by atoms with Crippen LogP contribution in [0, 0.1) is 5.92 Å². The van der Waals surface area contributed by atoms with Crippen LogP contribution in [0.2, 0.25) is 0 Å². The number of hydrogen-bond acceptors (Lipinski definition) is 2. The highest BCUT2D eigenvalue weighted by Crippen LogP contribution is 2.11. The SMILES string of the molecule is CC(C)C(C)N1CCN(C)CC1. The van der Waals surface area contributed by atoms with E-state index in [1.807, 2.05) is 0 Å². The van der Waals surface area contributed by atoms with E-state index in [2.05, 4.69) is 37.6 Å². The normalized spacial score (nSPS) is 24.8. The van der Waals surface area contributed by atoms with Gasteiger partial charge in [-0.15, -0.1) is 0 Å². The molecule has 0 saturated carbocycles. The van der Waals surface area contributed by atoms with Crippen LogP contribution in [0.1, 0.15) is 20.8 Å². The Kier molecular flexibility index (Phi) is 3.53. The largest absolute Gasteiger partial charge is 0.304 e. The van der Waals surface area contributed by atoms with Crippen molar-refractivity contribution in [2.24, 2.45) is 5.92 Å². The van der Waals surface area contributed by atoms with Gasteiger partial charge in [-0.3, -0.25) is 4.90 Å². The van der Waals surface area contributed by atoms with E-state index in [0.29, 0.717) is 0 Å². The monoisotopic (exact) mass is 170 g/mol. The summed E-state index contributed by atoms with van der Waals surface area (Å²) in [6.07, 6.45) is 0. The number of piperazine rings is 1. The molecule has 1 rings (SSSR count). The van der Waals surface area contributed by atoms with E-state index in [1.54, 1.807) is 0 Å². The van der Waals surface area contributed by atoms with Gasteiger partial charge in [-0.2, -0.15) is 0 Å². The van der Waals surface area contributed by atoms with Gasteiger partial charge in [-0.05, 0) is 19.9 Å². The topological polar surface area (TPSA) is 6.48 Å². The summed E-state index contributed by atoms with van der Waals surface area (Å²) in [5.74, 6) is 0.786. The van der Waals surface area contributed by atoms with E-state index < -0.39 is 0 Å². The third-order valence-corrected chi connectivity index (χ3v) is 3.08. The molecule has 1 heterocycles. The fraction of sp³-hybridized carbons (Fsp3) is 1.00. The van der Waals surface area contributed by atoms with Gasteiger partial charge in [-0.1, -0.05) is 13.8 Å². The van der Waals surface area contributed by atoms with E-state index in [4.69, 9.17) is 0 Å². The molecular weight excluding hydrogens is 148 g/mol. The van der Waals surface area contributed by atoms with Gasteiger partial charge in [0, 0.05) is 32.2 Å². The van der Waals surface area contributed by atoms with E-state index in [9.17, 15) is 0 Å². The molecule has 1 unspecified atom stereocenters. The van der Waals surface area contributed by atoms with Crippen molar-refractivity contribution in [1.82, 2.24) is 9.80 Å². The average Bonchev–Trinajstić information content (AvgIpc) is 2.04. The molecule has 0 aliphatic carbocycles. The molecule has 0 bridgehead atoms. The number of likely N-dealkylation sites (N-methyl/N-ethyl adjacent to an activating group) is 1. The first-order chi connectivity index (χ1) is 5.61. The van der Waals surface area contributed by atoms with Crippen molar-refractivity contribution in [2.45, 2.75) is 26.8 Å². The van der Waals surface area contributed by atoms with Gasteiger partial charge in [0.15, 0.2) is 0 Å². The Morgan fingerprint density at radius 2 is 1.42 bits per heavy atom. The first-order valence-corrected chi connectivity index (χ1v) is 5.04. The summed E-state index contributed by atoms with van der Waals surface area (Å²) in [5.41, 5.74) is 0. The molecule has 0 radical (unpaired) electrons. The second kappa shape index (κ2) is 4.24. The molecule has 0 amide bonds. The summed E-state index contributed by atoms with van der Waals surface area (Å²) in [7, 11) is 2.21. The fourth-order valence-corrected chi connectivity index (χ4v) is 1.65. The van der Waals surface area contributed by atoms with Crippen molar-refractivity contribution < 1.29 is 0 Å². The van der Waals surface area contributed by atoms with Crippen LogP contribution >= 0.6 is 0 Å². The third-order valence-electron chi connectivity index (χ3n) is 3.08. The van der Waals surface area contributed by atoms with Crippen molar-refractivity contribution >= 4 is 0 Å². The summed E-state index contributed by atoms with van der Waals surface area (Å²) in [5, 5.41) is 0. The van der Waals surface area contributed by atoms with Crippen LogP contribution in [-0.4, -0.2) is 49.1 Å². The highest BCUT2D eigenvalue weighted by atomic mass is 15.3. The molecule has 0 spiro atoms. The zero-order valence-corrected chi connectivity index (χ0v) is 8.88. The minimum Gasteiger partial charge on any atom is -0.304 e. The van der Waals surface area contributed by atoms with Crippen molar-refractivity contribution in [3.05, 3.63) is 0 Å². The van der Waals surface area contributed by atoms with E-state index in [0.717, 1.165) is 12.0 Å². The molecular formula is C10H22N2. The Morgan fingerprint density at radius 3 is 1.83 bits per heavy atom. The first-order valence-electron chi connectivity index (χ1n) is 5.04. The van der Waals surface area contributed by atoms with Crippen LogP contribution in [0.3, 0.4) is 0 Å². The summed E-state index contributed by atoms with van der Waals surface area (Å²) in [6.45, 7) is 11.9. The highest BCUT2D eigenvalue weighted by molar-refractivity contribution is 4.76. The molecule has 1 saturated heterocycles. The lowest BCUT2D eigenvalue weighted by molar-refractivity contribution is 0.0975. The molecule has 1 aliphatic heterocycles. The molecule has 72 valence electrons. The Morgan fingerprint density at radius 1 is 0.917 bits per heavy atom. The molecule has 0 N–H and O–H groups in total. The zero-order valence-electron chi connectivity index (χ0n) is 8.88. The van der Waals surface area contributed by atoms with Gasteiger partial charge >= 0.3 is 0 Å². The second-order valence-corrected chi connectivity index (χ2v) is 4.32. The summed E-state index contributed by atoms with van der Waals surface area (Å²) in [6, 6.07) is 0.749. The maximum absolute atomic E-state index is 2.60. The van der Waals surface area contributed by atoms with Crippen LogP contribution in [0.5, 0.6) is 0 Å². The van der Waals surface area contributed by atoms with Crippen LogP contribution in [0.15, 0.2) is 0 Å². The average molecular weight is 170 g/mol. The molecule has 0 aromatic rings. The maximum atomic E-state index is 2.60. The predicted molar refractivity (Wildman–Crippen MR) is 53.4 cm³/mol. The molecule has 1 atom stereocenters. The van der Waals surface area contributed by atoms with Crippen LogP contribution < -0.4 is 0 Å². The lowest BCUT2D eigenvalue weighted by Gasteiger charge is -2.38. The van der Waals surface area contributed by atoms with Crippen molar-refractivity contribution in [3.63, 3.8) is 0 Å². The molecule has 2 nitrogen and oxygen atoms in total. The Balaban J connectivity index is 2.34. The highest BCUT2D eigenvalue weighted by Gasteiger charge is 2.20. The van der Waals surface area contributed by atoms with Gasteiger partial charge < -0.3 is 4.90 Å². The number of nitrogens with zero attached hydrogens (tertiary/aromatic N) is 2. The molecule has 0 aromatic carbocycles. The molecule has 0 aromatic heterocycles. The number of hydrogen-bond donors (Lipinski definition) is 0. The minimum atomic E-state index is 0.749. The van der Waals surface area contributed by atoms with Gasteiger partial charge in [0.2, 0.25) is 0 Å². The lowest BCUT2D eigenvalue weighted by Crippen LogP contribution is -2.49. The van der Waals surface area contributed by atoms with Crippen molar-refractivity contribution in [3.8, 4) is 0 Å². The predicted octanol–water partition coefficient (Wildman–Crippen LogP) is 1.28. The summed E-state index contributed by atoms with van der Waals surface area (Å²) >= 11 is 0. The Bertz CT molecular complexity index is 126. The summed E-state index contributed by atoms with van der Waals surface area (Å²) in [4.78, 5) is 5.01. The molecule has 1 fully saturated rings. The first kappa shape index (κ1) is 10.0. The molecule has 12 heavy (non-hydrogen) atoms. The minimum absolute atomic E-state index is 0.749. The third kappa shape index (κ3) is 2.46. The van der Waals surface area contributed by atoms with Gasteiger partial charge in [0.1, 0.15) is 0 Å².